The molecule has 1 heterocycles. The van der Waals surface area contributed by atoms with E-state index in [1.807, 2.05) is 0 Å². The molecule has 8 heteroatoms. The molecule has 1 saturated heterocycles. The molecule has 18 heavy (non-hydrogen) atoms. The van der Waals surface area contributed by atoms with Crippen molar-refractivity contribution in [1.82, 2.24) is 9.62 Å². The van der Waals surface area contributed by atoms with Gasteiger partial charge in [0.15, 0.2) is 5.96 Å². The molecule has 1 aliphatic heterocycles. The van der Waals surface area contributed by atoms with Crippen molar-refractivity contribution in [2.45, 2.75) is 19.8 Å². The van der Waals surface area contributed by atoms with Gasteiger partial charge >= 0.3 is 0 Å². The first-order chi connectivity index (χ1) is 7.93. The van der Waals surface area contributed by atoms with E-state index in [1.54, 1.807) is 0 Å². The highest BCUT2D eigenvalue weighted by atomic mass is 127. The van der Waals surface area contributed by atoms with Crippen LogP contribution in [0.5, 0.6) is 0 Å². The molecule has 0 saturated carbocycles. The van der Waals surface area contributed by atoms with E-state index >= 15 is 0 Å². The molecule has 1 atom stereocenters. The van der Waals surface area contributed by atoms with Gasteiger partial charge in [-0.15, -0.1) is 24.0 Å². The van der Waals surface area contributed by atoms with Gasteiger partial charge in [0.05, 0.1) is 6.26 Å². The Balaban J connectivity index is 0.00000289. The van der Waals surface area contributed by atoms with Crippen molar-refractivity contribution in [2.75, 3.05) is 32.4 Å². The van der Waals surface area contributed by atoms with Gasteiger partial charge in [0.1, 0.15) is 0 Å². The summed E-state index contributed by atoms with van der Waals surface area (Å²) >= 11 is 0. The van der Waals surface area contributed by atoms with Gasteiger partial charge in [0.2, 0.25) is 10.0 Å². The van der Waals surface area contributed by atoms with E-state index in [2.05, 4.69) is 17.2 Å². The van der Waals surface area contributed by atoms with Crippen LogP contribution in [0.3, 0.4) is 0 Å². The zero-order valence-corrected chi connectivity index (χ0v) is 14.1. The van der Waals surface area contributed by atoms with Gasteiger partial charge in [0.25, 0.3) is 0 Å². The van der Waals surface area contributed by atoms with Crippen LogP contribution < -0.4 is 11.1 Å². The van der Waals surface area contributed by atoms with Crippen LogP contribution in [0.25, 0.3) is 0 Å². The van der Waals surface area contributed by atoms with Crippen LogP contribution >= 0.6 is 24.0 Å². The van der Waals surface area contributed by atoms with Crippen LogP contribution in [0.2, 0.25) is 0 Å². The number of nitrogens with one attached hydrogen (secondary N) is 1. The van der Waals surface area contributed by atoms with Gasteiger partial charge in [0, 0.05) is 26.2 Å². The van der Waals surface area contributed by atoms with Gasteiger partial charge in [-0.3, -0.25) is 4.99 Å². The minimum Gasteiger partial charge on any atom is -0.370 e. The van der Waals surface area contributed by atoms with Crippen molar-refractivity contribution in [2.24, 2.45) is 16.6 Å². The first-order valence-electron chi connectivity index (χ1n) is 5.92. The van der Waals surface area contributed by atoms with E-state index in [9.17, 15) is 8.42 Å². The second-order valence-corrected chi connectivity index (χ2v) is 6.41. The van der Waals surface area contributed by atoms with Gasteiger partial charge in [-0.2, -0.15) is 0 Å². The third-order valence-corrected chi connectivity index (χ3v) is 4.06. The number of hydrogen-bond donors (Lipinski definition) is 2. The first kappa shape index (κ1) is 17.9. The van der Waals surface area contributed by atoms with Crippen molar-refractivity contribution >= 4 is 40.0 Å². The zero-order valence-electron chi connectivity index (χ0n) is 10.9. The van der Waals surface area contributed by atoms with Crippen LogP contribution in [0, 0.1) is 5.92 Å². The number of hydrogen-bond acceptors (Lipinski definition) is 3. The molecule has 1 unspecified atom stereocenters. The summed E-state index contributed by atoms with van der Waals surface area (Å²) < 4.78 is 24.1. The Kier molecular flexibility index (Phi) is 8.11. The Bertz CT molecular complexity index is 372. The predicted molar refractivity (Wildman–Crippen MR) is 84.7 cm³/mol. The number of nitrogens with zero attached hydrogens (tertiary/aromatic N) is 2. The highest BCUT2D eigenvalue weighted by Gasteiger charge is 2.28. The van der Waals surface area contributed by atoms with Gasteiger partial charge in [-0.25, -0.2) is 12.7 Å². The van der Waals surface area contributed by atoms with Gasteiger partial charge < -0.3 is 11.1 Å². The number of halogens is 1. The molecular formula is C10H23IN4O2S. The number of aliphatic imine (C=N–C) groups is 1. The van der Waals surface area contributed by atoms with Crippen molar-refractivity contribution in [3.8, 4) is 0 Å². The largest absolute Gasteiger partial charge is 0.370 e. The summed E-state index contributed by atoms with van der Waals surface area (Å²) in [6, 6.07) is 0. The second kappa shape index (κ2) is 8.16. The third kappa shape index (κ3) is 6.19. The summed E-state index contributed by atoms with van der Waals surface area (Å²) in [6.07, 6.45) is 3.11. The highest BCUT2D eigenvalue weighted by Crippen LogP contribution is 2.18. The van der Waals surface area contributed by atoms with Crippen LogP contribution in [-0.4, -0.2) is 51.1 Å². The fraction of sp³-hybridized carbons (Fsp3) is 0.900. The molecule has 0 aromatic carbocycles. The molecule has 0 bridgehead atoms. The molecule has 3 N–H and O–H groups in total. The van der Waals surface area contributed by atoms with Crippen molar-refractivity contribution < 1.29 is 8.42 Å². The summed E-state index contributed by atoms with van der Waals surface area (Å²) in [5.74, 6) is 0.733. The maximum Gasteiger partial charge on any atom is 0.211 e. The maximum atomic E-state index is 11.3. The lowest BCUT2D eigenvalue weighted by Gasteiger charge is -2.12. The normalized spacial score (nSPS) is 21.7. The summed E-state index contributed by atoms with van der Waals surface area (Å²) in [6.45, 7) is 4.62. The monoisotopic (exact) mass is 390 g/mol. The van der Waals surface area contributed by atoms with E-state index in [1.165, 1.54) is 10.6 Å². The molecule has 0 aromatic rings. The SMILES string of the molecule is CCCNC(N)=NCC1CCN(S(C)(=O)=O)C1.I. The van der Waals surface area contributed by atoms with E-state index in [0.29, 0.717) is 25.6 Å². The van der Waals surface area contributed by atoms with Gasteiger partial charge in [-0.1, -0.05) is 6.92 Å². The maximum absolute atomic E-state index is 11.3. The molecule has 6 nitrogen and oxygen atoms in total. The lowest BCUT2D eigenvalue weighted by molar-refractivity contribution is 0.464. The average molecular weight is 390 g/mol. The van der Waals surface area contributed by atoms with E-state index < -0.39 is 10.0 Å². The summed E-state index contributed by atoms with van der Waals surface area (Å²) in [5.41, 5.74) is 5.67. The Hall–Kier alpha value is -0.0900. The molecular weight excluding hydrogens is 367 g/mol. The van der Waals surface area contributed by atoms with Crippen molar-refractivity contribution in [3.05, 3.63) is 0 Å². The summed E-state index contributed by atoms with van der Waals surface area (Å²) in [7, 11) is -3.05. The molecule has 1 aliphatic rings. The van der Waals surface area contributed by atoms with E-state index in [4.69, 9.17) is 5.73 Å². The second-order valence-electron chi connectivity index (χ2n) is 4.43. The molecule has 0 aromatic heterocycles. The standard InChI is InChI=1S/C10H22N4O2S.HI/c1-3-5-12-10(11)13-7-9-4-6-14(8-9)17(2,15)16;/h9H,3-8H2,1-2H3,(H3,11,12,13);1H. The van der Waals surface area contributed by atoms with E-state index in [-0.39, 0.29) is 29.9 Å². The number of guanidine groups is 1. The van der Waals surface area contributed by atoms with Crippen LogP contribution in [0.4, 0.5) is 0 Å². The zero-order chi connectivity index (χ0) is 12.9. The molecule has 108 valence electrons. The minimum absolute atomic E-state index is 0. The average Bonchev–Trinajstić information content (AvgIpc) is 2.71. The third-order valence-electron chi connectivity index (χ3n) is 2.79. The number of sulfonamides is 1. The molecule has 0 aliphatic carbocycles. The van der Waals surface area contributed by atoms with E-state index in [0.717, 1.165) is 19.4 Å². The summed E-state index contributed by atoms with van der Waals surface area (Å²) in [5, 5.41) is 2.99. The topological polar surface area (TPSA) is 87.8 Å². The van der Waals surface area contributed by atoms with Crippen molar-refractivity contribution in [3.63, 3.8) is 0 Å². The highest BCUT2D eigenvalue weighted by molar-refractivity contribution is 14.0. The van der Waals surface area contributed by atoms with Crippen LogP contribution in [0.15, 0.2) is 4.99 Å². The Morgan fingerprint density at radius 2 is 2.22 bits per heavy atom. The first-order valence-corrected chi connectivity index (χ1v) is 7.77. The van der Waals surface area contributed by atoms with Crippen LogP contribution in [0.1, 0.15) is 19.8 Å². The smallest absolute Gasteiger partial charge is 0.211 e. The lowest BCUT2D eigenvalue weighted by Crippen LogP contribution is -2.33. The fourth-order valence-electron chi connectivity index (χ4n) is 1.78. The number of nitrogens with two attached hydrogens (primary N) is 1. The quantitative estimate of drug-likeness (QED) is 0.399. The molecule has 1 fully saturated rings. The lowest BCUT2D eigenvalue weighted by atomic mass is 10.1. The summed E-state index contributed by atoms with van der Waals surface area (Å²) in [4.78, 5) is 4.22. The van der Waals surface area contributed by atoms with Crippen LogP contribution in [-0.2, 0) is 10.0 Å². The molecule has 0 radical (unpaired) electrons. The minimum atomic E-state index is -3.05. The molecule has 0 amide bonds. The van der Waals surface area contributed by atoms with Crippen molar-refractivity contribution in [1.29, 1.82) is 0 Å². The Morgan fingerprint density at radius 1 is 1.56 bits per heavy atom. The molecule has 1 rings (SSSR count). The molecule has 0 spiro atoms. The fourth-order valence-corrected chi connectivity index (χ4v) is 2.70. The predicted octanol–water partition coefficient (Wildman–Crippen LogP) is 0.200. The Labute approximate surface area is 126 Å². The Morgan fingerprint density at radius 3 is 2.72 bits per heavy atom. The number of rotatable bonds is 5. The van der Waals surface area contributed by atoms with Gasteiger partial charge in [-0.05, 0) is 18.8 Å².